The predicted molar refractivity (Wildman–Crippen MR) is 113 cm³/mol. The molecule has 0 N–H and O–H groups in total. The van der Waals surface area contributed by atoms with Crippen LogP contribution in [0.3, 0.4) is 0 Å². The molecule has 0 bridgehead atoms. The number of hydrogen-bond donors (Lipinski definition) is 0. The summed E-state index contributed by atoms with van der Waals surface area (Å²) in [5, 5.41) is 4.21. The molecular weight excluding hydrogens is 397 g/mol. The number of methoxy groups -OCH3 is 1. The van der Waals surface area contributed by atoms with Crippen LogP contribution in [-0.2, 0) is 13.5 Å². The van der Waals surface area contributed by atoms with E-state index in [4.69, 9.17) is 4.74 Å². The van der Waals surface area contributed by atoms with Gasteiger partial charge in [-0.15, -0.1) is 0 Å². The molecular formula is C23H20FN5O2. The van der Waals surface area contributed by atoms with Gasteiger partial charge in [0.05, 0.1) is 43.5 Å². The minimum Gasteiger partial charge on any atom is -0.496 e. The molecule has 0 atom stereocenters. The summed E-state index contributed by atoms with van der Waals surface area (Å²) in [5.41, 5.74) is 4.35. The standard InChI is InChI=1S/C23H20FN5O2/c1-14-19(10-25-11-20(14)24)22(30)7-17-9-27-21(12-26-17)18-6-15(4-5-23(18)31-3)16-8-28-29(2)13-16/h4-6,8-13H,7H2,1-3H3. The molecule has 4 aromatic rings. The number of ketones is 1. The summed E-state index contributed by atoms with van der Waals surface area (Å²) >= 11 is 0. The highest BCUT2D eigenvalue weighted by molar-refractivity contribution is 5.98. The van der Waals surface area contributed by atoms with Crippen LogP contribution >= 0.6 is 0 Å². The highest BCUT2D eigenvalue weighted by Gasteiger charge is 2.15. The minimum atomic E-state index is -0.507. The maximum absolute atomic E-state index is 13.7. The van der Waals surface area contributed by atoms with Gasteiger partial charge in [0.25, 0.3) is 0 Å². The van der Waals surface area contributed by atoms with Gasteiger partial charge in [0.2, 0.25) is 0 Å². The topological polar surface area (TPSA) is 82.8 Å². The van der Waals surface area contributed by atoms with E-state index in [1.165, 1.54) is 6.20 Å². The Balaban J connectivity index is 1.60. The summed E-state index contributed by atoms with van der Waals surface area (Å²) in [4.78, 5) is 25.2. The lowest BCUT2D eigenvalue weighted by atomic mass is 10.0. The summed E-state index contributed by atoms with van der Waals surface area (Å²) in [6.07, 6.45) is 9.33. The van der Waals surface area contributed by atoms with Gasteiger partial charge in [0.15, 0.2) is 5.78 Å². The van der Waals surface area contributed by atoms with Crippen molar-refractivity contribution in [3.8, 4) is 28.1 Å². The van der Waals surface area contributed by atoms with Crippen molar-refractivity contribution in [2.45, 2.75) is 13.3 Å². The van der Waals surface area contributed by atoms with Crippen LogP contribution in [0.25, 0.3) is 22.4 Å². The Morgan fingerprint density at radius 2 is 1.94 bits per heavy atom. The Hall–Kier alpha value is -3.94. The van der Waals surface area contributed by atoms with Crippen LogP contribution in [0.1, 0.15) is 21.6 Å². The van der Waals surface area contributed by atoms with Crippen LogP contribution in [-0.4, -0.2) is 37.6 Å². The summed E-state index contributed by atoms with van der Waals surface area (Å²) in [6, 6.07) is 5.79. The first-order chi connectivity index (χ1) is 15.0. The third-order valence-electron chi connectivity index (χ3n) is 5.01. The number of Topliss-reactive ketones (excluding diaryl/α,β-unsaturated/α-hetero) is 1. The van der Waals surface area contributed by atoms with Gasteiger partial charge in [0, 0.05) is 42.3 Å². The third-order valence-corrected chi connectivity index (χ3v) is 5.01. The van der Waals surface area contributed by atoms with Gasteiger partial charge in [0.1, 0.15) is 11.6 Å². The molecule has 3 aromatic heterocycles. The van der Waals surface area contributed by atoms with Crippen molar-refractivity contribution in [2.75, 3.05) is 7.11 Å². The molecule has 31 heavy (non-hydrogen) atoms. The van der Waals surface area contributed by atoms with Crippen molar-refractivity contribution >= 4 is 5.78 Å². The van der Waals surface area contributed by atoms with Crippen LogP contribution in [0, 0.1) is 12.7 Å². The van der Waals surface area contributed by atoms with Crippen LogP contribution < -0.4 is 4.74 Å². The van der Waals surface area contributed by atoms with E-state index in [-0.39, 0.29) is 23.3 Å². The Morgan fingerprint density at radius 3 is 2.61 bits per heavy atom. The third kappa shape index (κ3) is 4.18. The van der Waals surface area contributed by atoms with E-state index in [0.717, 1.165) is 22.9 Å². The van der Waals surface area contributed by atoms with Gasteiger partial charge in [-0.05, 0) is 30.2 Å². The monoisotopic (exact) mass is 417 g/mol. The molecule has 0 spiro atoms. The van der Waals surface area contributed by atoms with Crippen LogP contribution in [0.4, 0.5) is 4.39 Å². The minimum absolute atomic E-state index is 0.00606. The van der Waals surface area contributed by atoms with Crippen molar-refractivity contribution in [3.63, 3.8) is 0 Å². The second-order valence-electron chi connectivity index (χ2n) is 7.10. The number of hydrogen-bond acceptors (Lipinski definition) is 6. The van der Waals surface area contributed by atoms with Gasteiger partial charge < -0.3 is 4.74 Å². The lowest BCUT2D eigenvalue weighted by Gasteiger charge is -2.10. The molecule has 3 heterocycles. The van der Waals surface area contributed by atoms with Crippen molar-refractivity contribution < 1.29 is 13.9 Å². The van der Waals surface area contributed by atoms with Crippen molar-refractivity contribution in [2.24, 2.45) is 7.05 Å². The zero-order chi connectivity index (χ0) is 22.0. The average Bonchev–Trinajstić information content (AvgIpc) is 3.22. The second-order valence-corrected chi connectivity index (χ2v) is 7.10. The Morgan fingerprint density at radius 1 is 1.10 bits per heavy atom. The molecule has 0 aliphatic carbocycles. The van der Waals surface area contributed by atoms with E-state index < -0.39 is 5.82 Å². The number of nitrogens with zero attached hydrogens (tertiary/aromatic N) is 5. The zero-order valence-electron chi connectivity index (χ0n) is 17.3. The lowest BCUT2D eigenvalue weighted by molar-refractivity contribution is 0.0990. The number of ether oxygens (including phenoxy) is 1. The fraction of sp³-hybridized carbons (Fsp3) is 0.174. The van der Waals surface area contributed by atoms with Gasteiger partial charge >= 0.3 is 0 Å². The van der Waals surface area contributed by atoms with E-state index in [2.05, 4.69) is 20.1 Å². The van der Waals surface area contributed by atoms with E-state index in [1.54, 1.807) is 37.3 Å². The average molecular weight is 417 g/mol. The Labute approximate surface area is 178 Å². The molecule has 0 radical (unpaired) electrons. The van der Waals surface area contributed by atoms with Gasteiger partial charge in [-0.2, -0.15) is 5.10 Å². The summed E-state index contributed by atoms with van der Waals surface area (Å²) in [7, 11) is 3.46. The maximum atomic E-state index is 13.7. The number of halogens is 1. The maximum Gasteiger partial charge on any atom is 0.170 e. The molecule has 0 saturated heterocycles. The van der Waals surface area contributed by atoms with Crippen LogP contribution in [0.2, 0.25) is 0 Å². The quantitative estimate of drug-likeness (QED) is 0.444. The number of rotatable bonds is 6. The summed E-state index contributed by atoms with van der Waals surface area (Å²) < 4.78 is 20.9. The van der Waals surface area contributed by atoms with E-state index >= 15 is 0 Å². The number of aromatic nitrogens is 5. The van der Waals surface area contributed by atoms with Gasteiger partial charge in [-0.1, -0.05) is 6.07 Å². The highest BCUT2D eigenvalue weighted by atomic mass is 19.1. The second kappa shape index (κ2) is 8.43. The molecule has 1 aromatic carbocycles. The number of benzene rings is 1. The van der Waals surface area contributed by atoms with Gasteiger partial charge in [-0.3, -0.25) is 24.4 Å². The molecule has 0 amide bonds. The van der Waals surface area contributed by atoms with Gasteiger partial charge in [-0.25, -0.2) is 4.39 Å². The molecule has 0 fully saturated rings. The van der Waals surface area contributed by atoms with E-state index in [9.17, 15) is 9.18 Å². The van der Waals surface area contributed by atoms with Crippen LogP contribution in [0.15, 0.2) is 55.4 Å². The Kier molecular flexibility index (Phi) is 5.53. The fourth-order valence-electron chi connectivity index (χ4n) is 3.28. The first kappa shape index (κ1) is 20.3. The molecule has 8 heteroatoms. The van der Waals surface area contributed by atoms with Crippen molar-refractivity contribution in [1.29, 1.82) is 0 Å². The molecule has 0 unspecified atom stereocenters. The van der Waals surface area contributed by atoms with Crippen molar-refractivity contribution in [1.82, 2.24) is 24.7 Å². The number of pyridine rings is 1. The van der Waals surface area contributed by atoms with E-state index in [1.807, 2.05) is 31.4 Å². The lowest BCUT2D eigenvalue weighted by Crippen LogP contribution is -2.09. The molecule has 0 aliphatic rings. The molecule has 0 aliphatic heterocycles. The predicted octanol–water partition coefficient (Wildman–Crippen LogP) is 3.82. The largest absolute Gasteiger partial charge is 0.496 e. The zero-order valence-corrected chi connectivity index (χ0v) is 17.3. The first-order valence-electron chi connectivity index (χ1n) is 9.58. The highest BCUT2D eigenvalue weighted by Crippen LogP contribution is 2.33. The normalized spacial score (nSPS) is 10.8. The summed E-state index contributed by atoms with van der Waals surface area (Å²) in [6.45, 7) is 1.56. The smallest absolute Gasteiger partial charge is 0.170 e. The fourth-order valence-corrected chi connectivity index (χ4v) is 3.28. The molecule has 7 nitrogen and oxygen atoms in total. The summed E-state index contributed by atoms with van der Waals surface area (Å²) in [5.74, 6) is -0.109. The molecule has 0 saturated carbocycles. The molecule has 156 valence electrons. The first-order valence-corrected chi connectivity index (χ1v) is 9.58. The number of carbonyl (C=O) groups is 1. The Bertz CT molecular complexity index is 1250. The molecule has 4 rings (SSSR count). The van der Waals surface area contributed by atoms with E-state index in [0.29, 0.717) is 17.1 Å². The number of carbonyl (C=O) groups excluding carboxylic acids is 1. The number of aryl methyl sites for hydroxylation is 1. The van der Waals surface area contributed by atoms with Crippen molar-refractivity contribution in [3.05, 3.63) is 78.0 Å². The SMILES string of the molecule is COc1ccc(-c2cnn(C)c2)cc1-c1cnc(CC(=O)c2cncc(F)c2C)cn1. The van der Waals surface area contributed by atoms with Crippen LogP contribution in [0.5, 0.6) is 5.75 Å².